The lowest BCUT2D eigenvalue weighted by molar-refractivity contribution is -0.162. The summed E-state index contributed by atoms with van der Waals surface area (Å²) in [6.45, 7) is 0.742. The molecule has 160 valence electrons. The maximum atomic E-state index is 13.2. The van der Waals surface area contributed by atoms with E-state index in [0.717, 1.165) is 42.4 Å². The summed E-state index contributed by atoms with van der Waals surface area (Å²) in [4.78, 5) is 11.2. The van der Waals surface area contributed by atoms with Gasteiger partial charge in [0.05, 0.1) is 11.8 Å². The van der Waals surface area contributed by atoms with Crippen LogP contribution in [0.25, 0.3) is 11.1 Å². The highest BCUT2D eigenvalue weighted by atomic mass is 32.2. The van der Waals surface area contributed by atoms with Gasteiger partial charge >= 0.3 is 0 Å². The number of rotatable bonds is 7. The number of benzene rings is 2. The highest BCUT2D eigenvalue weighted by molar-refractivity contribution is 7.89. The van der Waals surface area contributed by atoms with Gasteiger partial charge in [-0.1, -0.05) is 55.3 Å². The van der Waals surface area contributed by atoms with Crippen LogP contribution in [0.5, 0.6) is 0 Å². The number of amides is 1. The molecule has 2 aliphatic rings. The fourth-order valence-electron chi connectivity index (χ4n) is 4.75. The molecule has 30 heavy (non-hydrogen) atoms. The fourth-order valence-corrected chi connectivity index (χ4v) is 6.52. The van der Waals surface area contributed by atoms with E-state index in [-0.39, 0.29) is 11.7 Å². The van der Waals surface area contributed by atoms with Crippen LogP contribution in [0.1, 0.15) is 36.8 Å². The minimum atomic E-state index is -3.62. The lowest BCUT2D eigenvalue weighted by atomic mass is 9.95. The molecule has 1 aliphatic heterocycles. The smallest absolute Gasteiger partial charge is 0.233 e. The first-order chi connectivity index (χ1) is 14.5. The third-order valence-electron chi connectivity index (χ3n) is 6.46. The number of carbonyl (C=O) groups is 1. The SMILES string of the molecule is O=CN(O)C(CS(=O)(=O)N1CCc2ccc(-c3ccccc3)cc2C1)C1CCCC1. The third-order valence-corrected chi connectivity index (χ3v) is 8.32. The fraction of sp³-hybridized carbons (Fsp3) is 0.435. The van der Waals surface area contributed by atoms with Gasteiger partial charge in [0.2, 0.25) is 16.4 Å². The molecule has 0 bridgehead atoms. The molecule has 1 fully saturated rings. The Hall–Kier alpha value is -2.22. The standard InChI is InChI=1S/C23H28N2O4S/c26-17-25(27)23(20-8-4-5-9-20)16-30(28,29)24-13-12-19-10-11-21(14-22(19)15-24)18-6-2-1-3-7-18/h1-3,6-7,10-11,14,17,20,23,27H,4-5,8-9,12-13,15-16H2. The maximum absolute atomic E-state index is 13.2. The van der Waals surface area contributed by atoms with Crippen LogP contribution in [0.4, 0.5) is 0 Å². The van der Waals surface area contributed by atoms with Crippen LogP contribution in [0, 0.1) is 5.92 Å². The van der Waals surface area contributed by atoms with Gasteiger partial charge in [-0.3, -0.25) is 10.0 Å². The van der Waals surface area contributed by atoms with E-state index in [1.807, 2.05) is 30.3 Å². The second-order valence-corrected chi connectivity index (χ2v) is 10.3. The van der Waals surface area contributed by atoms with Gasteiger partial charge in [0, 0.05) is 13.1 Å². The molecular weight excluding hydrogens is 400 g/mol. The quantitative estimate of drug-likeness (QED) is 0.416. The predicted octanol–water partition coefficient (Wildman–Crippen LogP) is 3.45. The van der Waals surface area contributed by atoms with Crippen LogP contribution in [-0.4, -0.2) is 47.7 Å². The van der Waals surface area contributed by atoms with E-state index in [1.54, 1.807) is 0 Å². The average molecular weight is 429 g/mol. The number of nitrogens with zero attached hydrogens (tertiary/aromatic N) is 2. The van der Waals surface area contributed by atoms with Crippen LogP contribution < -0.4 is 0 Å². The minimum absolute atomic E-state index is 0.0248. The Morgan fingerprint density at radius 3 is 2.50 bits per heavy atom. The number of sulfonamides is 1. The minimum Gasteiger partial charge on any atom is -0.286 e. The zero-order valence-corrected chi connectivity index (χ0v) is 17.8. The van der Waals surface area contributed by atoms with E-state index in [2.05, 4.69) is 18.2 Å². The summed E-state index contributed by atoms with van der Waals surface area (Å²) in [6, 6.07) is 15.6. The third kappa shape index (κ3) is 4.43. The molecule has 1 N–H and O–H groups in total. The molecule has 4 rings (SSSR count). The van der Waals surface area contributed by atoms with Crippen molar-refractivity contribution in [2.24, 2.45) is 5.92 Å². The zero-order valence-electron chi connectivity index (χ0n) is 17.0. The predicted molar refractivity (Wildman–Crippen MR) is 115 cm³/mol. The Balaban J connectivity index is 1.54. The van der Waals surface area contributed by atoms with E-state index in [4.69, 9.17) is 0 Å². The molecule has 0 spiro atoms. The summed E-state index contributed by atoms with van der Waals surface area (Å²) >= 11 is 0. The largest absolute Gasteiger partial charge is 0.286 e. The average Bonchev–Trinajstić information content (AvgIpc) is 3.31. The second kappa shape index (κ2) is 8.88. The zero-order chi connectivity index (χ0) is 21.1. The monoisotopic (exact) mass is 428 g/mol. The summed E-state index contributed by atoms with van der Waals surface area (Å²) in [7, 11) is -3.62. The van der Waals surface area contributed by atoms with Gasteiger partial charge in [-0.25, -0.2) is 13.5 Å². The van der Waals surface area contributed by atoms with Crippen molar-refractivity contribution in [1.82, 2.24) is 9.37 Å². The van der Waals surface area contributed by atoms with E-state index in [9.17, 15) is 18.4 Å². The molecule has 6 nitrogen and oxygen atoms in total. The molecule has 1 aliphatic carbocycles. The van der Waals surface area contributed by atoms with Gasteiger partial charge in [0.1, 0.15) is 0 Å². The molecule has 0 radical (unpaired) electrons. The molecule has 1 amide bonds. The molecule has 0 saturated heterocycles. The first-order valence-electron chi connectivity index (χ1n) is 10.6. The van der Waals surface area contributed by atoms with Crippen molar-refractivity contribution in [2.45, 2.75) is 44.7 Å². The van der Waals surface area contributed by atoms with Gasteiger partial charge in [0.15, 0.2) is 0 Å². The number of hydroxylamine groups is 2. The van der Waals surface area contributed by atoms with E-state index in [0.29, 0.717) is 31.0 Å². The molecule has 2 aromatic rings. The van der Waals surface area contributed by atoms with E-state index >= 15 is 0 Å². The normalized spacial score (nSPS) is 18.7. The first kappa shape index (κ1) is 21.0. The highest BCUT2D eigenvalue weighted by Crippen LogP contribution is 2.32. The number of hydrogen-bond donors (Lipinski definition) is 1. The summed E-state index contributed by atoms with van der Waals surface area (Å²) in [5.74, 6) is -0.211. The van der Waals surface area contributed by atoms with Crippen molar-refractivity contribution in [1.29, 1.82) is 0 Å². The lowest BCUT2D eigenvalue weighted by Gasteiger charge is -2.33. The Morgan fingerprint density at radius 2 is 1.80 bits per heavy atom. The van der Waals surface area contributed by atoms with E-state index in [1.165, 1.54) is 9.87 Å². The van der Waals surface area contributed by atoms with Gasteiger partial charge in [-0.2, -0.15) is 4.31 Å². The van der Waals surface area contributed by atoms with Crippen molar-refractivity contribution >= 4 is 16.4 Å². The lowest BCUT2D eigenvalue weighted by Crippen LogP contribution is -2.47. The Morgan fingerprint density at radius 1 is 1.07 bits per heavy atom. The van der Waals surface area contributed by atoms with Gasteiger partial charge < -0.3 is 0 Å². The molecule has 0 aromatic heterocycles. The number of fused-ring (bicyclic) bond motifs is 1. The van der Waals surface area contributed by atoms with Crippen molar-refractivity contribution in [2.75, 3.05) is 12.3 Å². The van der Waals surface area contributed by atoms with E-state index < -0.39 is 16.1 Å². The molecule has 1 unspecified atom stereocenters. The molecule has 1 heterocycles. The Labute approximate surface area is 178 Å². The number of hydrogen-bond acceptors (Lipinski definition) is 4. The van der Waals surface area contributed by atoms with Crippen molar-refractivity contribution in [3.63, 3.8) is 0 Å². The van der Waals surface area contributed by atoms with Gasteiger partial charge in [0.25, 0.3) is 0 Å². The second-order valence-electron chi connectivity index (χ2n) is 8.31. The van der Waals surface area contributed by atoms with Gasteiger partial charge in [-0.15, -0.1) is 0 Å². The highest BCUT2D eigenvalue weighted by Gasteiger charge is 2.36. The van der Waals surface area contributed by atoms with Crippen molar-refractivity contribution in [3.8, 4) is 11.1 Å². The molecule has 1 saturated carbocycles. The van der Waals surface area contributed by atoms with Gasteiger partial charge in [-0.05, 0) is 53.5 Å². The Bertz CT molecular complexity index is 988. The molecule has 2 aromatic carbocycles. The molecule has 1 atom stereocenters. The summed E-state index contributed by atoms with van der Waals surface area (Å²) in [5.41, 5.74) is 4.35. The van der Waals surface area contributed by atoms with Crippen molar-refractivity contribution in [3.05, 3.63) is 59.7 Å². The summed E-state index contributed by atoms with van der Waals surface area (Å²) < 4.78 is 27.9. The van der Waals surface area contributed by atoms with Crippen LogP contribution >= 0.6 is 0 Å². The van der Waals surface area contributed by atoms with Crippen LogP contribution in [0.15, 0.2) is 48.5 Å². The summed E-state index contributed by atoms with van der Waals surface area (Å²) in [6.07, 6.45) is 4.69. The van der Waals surface area contributed by atoms with Crippen LogP contribution in [0.2, 0.25) is 0 Å². The Kier molecular flexibility index (Phi) is 6.22. The summed E-state index contributed by atoms with van der Waals surface area (Å²) in [5, 5.41) is 10.6. The number of carbonyl (C=O) groups excluding carboxylic acids is 1. The van der Waals surface area contributed by atoms with Crippen LogP contribution in [-0.2, 0) is 27.8 Å². The van der Waals surface area contributed by atoms with Crippen LogP contribution in [0.3, 0.4) is 0 Å². The molecule has 7 heteroatoms. The topological polar surface area (TPSA) is 77.9 Å². The maximum Gasteiger partial charge on any atom is 0.233 e. The first-order valence-corrected chi connectivity index (χ1v) is 12.2. The molecular formula is C23H28N2O4S. The van der Waals surface area contributed by atoms with Crippen molar-refractivity contribution < 1.29 is 18.4 Å².